The average Bonchev–Trinajstić information content (AvgIpc) is 1.59. The van der Waals surface area contributed by atoms with Gasteiger partial charge in [-0.1, -0.05) is 14.9 Å². The molecule has 0 saturated heterocycles. The van der Waals surface area contributed by atoms with Crippen molar-refractivity contribution < 1.29 is 9.53 Å². The molecule has 0 radical (unpaired) electrons. The van der Waals surface area contributed by atoms with Gasteiger partial charge in [-0.3, -0.25) is 0 Å². The highest BCUT2D eigenvalue weighted by Gasteiger charge is 2.12. The second kappa shape index (κ2) is 7.25. The van der Waals surface area contributed by atoms with Crippen molar-refractivity contribution in [1.29, 1.82) is 0 Å². The minimum Gasteiger partial charge on any atom is -0.415 e. The average molecular weight is 166 g/mol. The molecule has 0 fully saturated rings. The Balaban J connectivity index is -0.000000245. The van der Waals surface area contributed by atoms with E-state index in [1.165, 1.54) is 0 Å². The van der Waals surface area contributed by atoms with Gasteiger partial charge in [0.15, 0.2) is 8.32 Å². The number of hydrogen-bond donors (Lipinski definition) is 1. The summed E-state index contributed by atoms with van der Waals surface area (Å²) in [7, 11) is -1.34. The van der Waals surface area contributed by atoms with Gasteiger partial charge in [-0.2, -0.15) is 0 Å². The molecular formula is C7H22O2Si. The summed E-state index contributed by atoms with van der Waals surface area (Å²) in [6.45, 7) is 6.94. The second-order valence-electron chi connectivity index (χ2n) is 2.68. The zero-order chi connectivity index (χ0) is 6.62. The summed E-state index contributed by atoms with van der Waals surface area (Å²) < 4.78 is 5.27. The maximum atomic E-state index is 8.33. The Bertz CT molecular complexity index is 59.1. The van der Waals surface area contributed by atoms with Crippen LogP contribution >= 0.6 is 0 Å². The molecule has 0 rings (SSSR count). The van der Waals surface area contributed by atoms with E-state index in [9.17, 15) is 0 Å². The lowest BCUT2D eigenvalue weighted by molar-refractivity contribution is 0.197. The standard InChI is InChI=1S/C5H14O2Si.2CH4/c1-8(2,3)7-5-4-6;;/h6H,4-5H2,1-3H3;2*1H4. The maximum Gasteiger partial charge on any atom is 0.183 e. The third-order valence-corrected chi connectivity index (χ3v) is 1.70. The number of hydrogen-bond acceptors (Lipinski definition) is 2. The van der Waals surface area contributed by atoms with Crippen molar-refractivity contribution in [2.75, 3.05) is 13.2 Å². The van der Waals surface area contributed by atoms with Crippen molar-refractivity contribution in [3.8, 4) is 0 Å². The number of rotatable bonds is 3. The highest BCUT2D eigenvalue weighted by molar-refractivity contribution is 6.69. The van der Waals surface area contributed by atoms with Crippen molar-refractivity contribution in [2.45, 2.75) is 34.5 Å². The van der Waals surface area contributed by atoms with Gasteiger partial charge in [-0.05, 0) is 19.6 Å². The van der Waals surface area contributed by atoms with E-state index in [0.717, 1.165) is 0 Å². The van der Waals surface area contributed by atoms with Gasteiger partial charge in [0.2, 0.25) is 0 Å². The maximum absolute atomic E-state index is 8.33. The molecule has 0 aromatic carbocycles. The molecule has 0 saturated carbocycles. The van der Waals surface area contributed by atoms with Crippen LogP contribution in [0.4, 0.5) is 0 Å². The monoisotopic (exact) mass is 166 g/mol. The molecule has 0 amide bonds. The van der Waals surface area contributed by atoms with Gasteiger partial charge < -0.3 is 9.53 Å². The Labute approximate surface area is 66.4 Å². The van der Waals surface area contributed by atoms with Crippen LogP contribution in [0.5, 0.6) is 0 Å². The SMILES string of the molecule is C.C.C[Si](C)(C)OCCO. The molecule has 0 heterocycles. The minimum absolute atomic E-state index is 0. The quantitative estimate of drug-likeness (QED) is 0.651. The van der Waals surface area contributed by atoms with Crippen LogP contribution in [0.2, 0.25) is 19.6 Å². The molecule has 3 heteroatoms. The van der Waals surface area contributed by atoms with E-state index in [1.54, 1.807) is 0 Å². The molecule has 1 N–H and O–H groups in total. The van der Waals surface area contributed by atoms with Crippen LogP contribution in [0.15, 0.2) is 0 Å². The summed E-state index contributed by atoms with van der Waals surface area (Å²) >= 11 is 0. The van der Waals surface area contributed by atoms with E-state index in [2.05, 4.69) is 19.6 Å². The lowest BCUT2D eigenvalue weighted by Gasteiger charge is -2.15. The second-order valence-corrected chi connectivity index (χ2v) is 7.20. The lowest BCUT2D eigenvalue weighted by atomic mass is 10.8. The van der Waals surface area contributed by atoms with Crippen LogP contribution in [-0.2, 0) is 4.43 Å². The van der Waals surface area contributed by atoms with E-state index in [0.29, 0.717) is 6.61 Å². The zero-order valence-corrected chi connectivity index (χ0v) is 6.77. The summed E-state index contributed by atoms with van der Waals surface area (Å²) in [5, 5.41) is 8.33. The summed E-state index contributed by atoms with van der Waals surface area (Å²) in [4.78, 5) is 0. The van der Waals surface area contributed by atoms with Crippen LogP contribution in [0.25, 0.3) is 0 Å². The third-order valence-electron chi connectivity index (χ3n) is 0.626. The Kier molecular flexibility index (Phi) is 12.0. The first-order chi connectivity index (χ1) is 3.56. The molecule has 0 aliphatic heterocycles. The molecule has 0 aromatic heterocycles. The van der Waals surface area contributed by atoms with E-state index >= 15 is 0 Å². The highest BCUT2D eigenvalue weighted by Crippen LogP contribution is 2.00. The molecule has 0 unspecified atom stereocenters. The molecule has 66 valence electrons. The van der Waals surface area contributed by atoms with Gasteiger partial charge in [-0.25, -0.2) is 0 Å². The Morgan fingerprint density at radius 3 is 1.70 bits per heavy atom. The van der Waals surface area contributed by atoms with Crippen LogP contribution in [0.1, 0.15) is 14.9 Å². The largest absolute Gasteiger partial charge is 0.415 e. The first-order valence-electron chi connectivity index (χ1n) is 2.81. The number of aliphatic hydroxyl groups excluding tert-OH is 1. The topological polar surface area (TPSA) is 29.5 Å². The van der Waals surface area contributed by atoms with Gasteiger partial charge >= 0.3 is 0 Å². The molecule has 0 aliphatic rings. The van der Waals surface area contributed by atoms with Crippen molar-refractivity contribution in [1.82, 2.24) is 0 Å². The minimum atomic E-state index is -1.34. The molecule has 0 atom stereocenters. The normalized spacial score (nSPS) is 9.60. The number of aliphatic hydroxyl groups is 1. The molecule has 0 aromatic rings. The zero-order valence-electron chi connectivity index (χ0n) is 5.77. The summed E-state index contributed by atoms with van der Waals surface area (Å²) in [6.07, 6.45) is 0. The summed E-state index contributed by atoms with van der Waals surface area (Å²) in [5.41, 5.74) is 0. The van der Waals surface area contributed by atoms with Crippen LogP contribution < -0.4 is 0 Å². The lowest BCUT2D eigenvalue weighted by Crippen LogP contribution is -2.26. The fraction of sp³-hybridized carbons (Fsp3) is 1.00. The Morgan fingerprint density at radius 1 is 1.20 bits per heavy atom. The molecule has 0 aliphatic carbocycles. The fourth-order valence-corrected chi connectivity index (χ4v) is 1.06. The van der Waals surface area contributed by atoms with Crippen molar-refractivity contribution in [3.05, 3.63) is 0 Å². The van der Waals surface area contributed by atoms with Crippen LogP contribution in [0.3, 0.4) is 0 Å². The van der Waals surface area contributed by atoms with Gasteiger partial charge in [0.1, 0.15) is 0 Å². The van der Waals surface area contributed by atoms with Crippen LogP contribution in [-0.4, -0.2) is 26.6 Å². The van der Waals surface area contributed by atoms with Crippen molar-refractivity contribution >= 4 is 8.32 Å². The third kappa shape index (κ3) is 15.7. The van der Waals surface area contributed by atoms with Crippen molar-refractivity contribution in [2.24, 2.45) is 0 Å². The Hall–Kier alpha value is 0.137. The van der Waals surface area contributed by atoms with Gasteiger partial charge in [0, 0.05) is 0 Å². The molecule has 2 nitrogen and oxygen atoms in total. The predicted molar refractivity (Wildman–Crippen MR) is 49.8 cm³/mol. The van der Waals surface area contributed by atoms with E-state index in [4.69, 9.17) is 9.53 Å². The van der Waals surface area contributed by atoms with E-state index in [-0.39, 0.29) is 21.5 Å². The van der Waals surface area contributed by atoms with Gasteiger partial charge in [0.05, 0.1) is 13.2 Å². The van der Waals surface area contributed by atoms with Gasteiger partial charge in [-0.15, -0.1) is 0 Å². The Morgan fingerprint density at radius 2 is 1.60 bits per heavy atom. The highest BCUT2D eigenvalue weighted by atomic mass is 28.4. The fourth-order valence-electron chi connectivity index (χ4n) is 0.352. The smallest absolute Gasteiger partial charge is 0.183 e. The van der Waals surface area contributed by atoms with E-state index in [1.807, 2.05) is 0 Å². The summed E-state index contributed by atoms with van der Waals surface area (Å²) in [6, 6.07) is 0. The van der Waals surface area contributed by atoms with Crippen molar-refractivity contribution in [3.63, 3.8) is 0 Å². The first kappa shape index (κ1) is 16.6. The van der Waals surface area contributed by atoms with E-state index < -0.39 is 8.32 Å². The predicted octanol–water partition coefficient (Wildman–Crippen LogP) is 2.10. The molecule has 10 heavy (non-hydrogen) atoms. The first-order valence-corrected chi connectivity index (χ1v) is 6.22. The molecule has 0 bridgehead atoms. The molecule has 0 spiro atoms. The van der Waals surface area contributed by atoms with Crippen LogP contribution in [0, 0.1) is 0 Å². The molecular weight excluding hydrogens is 144 g/mol. The summed E-state index contributed by atoms with van der Waals surface area (Å²) in [5.74, 6) is 0. The van der Waals surface area contributed by atoms with Gasteiger partial charge in [0.25, 0.3) is 0 Å².